The van der Waals surface area contributed by atoms with Crippen LogP contribution in [0.5, 0.6) is 0 Å². The van der Waals surface area contributed by atoms with Crippen molar-refractivity contribution >= 4 is 5.91 Å². The summed E-state index contributed by atoms with van der Waals surface area (Å²) in [5.41, 5.74) is 4.91. The predicted octanol–water partition coefficient (Wildman–Crippen LogP) is 5.77. The van der Waals surface area contributed by atoms with Gasteiger partial charge >= 0.3 is 0 Å². The molecule has 5 nitrogen and oxygen atoms in total. The summed E-state index contributed by atoms with van der Waals surface area (Å²) >= 11 is 0. The van der Waals surface area contributed by atoms with Crippen molar-refractivity contribution in [3.63, 3.8) is 0 Å². The summed E-state index contributed by atoms with van der Waals surface area (Å²) < 4.78 is 1.96. The van der Waals surface area contributed by atoms with E-state index >= 15 is 0 Å². The summed E-state index contributed by atoms with van der Waals surface area (Å²) in [6.07, 6.45) is 4.34. The van der Waals surface area contributed by atoms with Crippen molar-refractivity contribution in [1.29, 1.82) is 0 Å². The Morgan fingerprint density at radius 3 is 2.19 bits per heavy atom. The lowest BCUT2D eigenvalue weighted by atomic mass is 10.0. The zero-order chi connectivity index (χ0) is 22.4. The molecule has 0 radical (unpaired) electrons. The monoisotopic (exact) mass is 416 g/mol. The van der Waals surface area contributed by atoms with Crippen LogP contribution in [0.25, 0.3) is 22.6 Å². The van der Waals surface area contributed by atoms with Crippen molar-refractivity contribution in [2.75, 3.05) is 0 Å². The van der Waals surface area contributed by atoms with Gasteiger partial charge in [-0.3, -0.25) is 9.48 Å². The summed E-state index contributed by atoms with van der Waals surface area (Å²) in [5, 5.41) is 7.59. The number of aromatic nitrogens is 3. The lowest BCUT2D eigenvalue weighted by Crippen LogP contribution is -2.40. The molecular formula is C26H32N4O. The minimum atomic E-state index is -0.320. The third-order valence-corrected chi connectivity index (χ3v) is 5.37. The number of amides is 1. The van der Waals surface area contributed by atoms with Crippen molar-refractivity contribution in [1.82, 2.24) is 20.1 Å². The summed E-state index contributed by atoms with van der Waals surface area (Å²) in [6.45, 7) is 12.3. The molecule has 5 heteroatoms. The molecule has 0 saturated heterocycles. The Kier molecular flexibility index (Phi) is 5.24. The van der Waals surface area contributed by atoms with Gasteiger partial charge in [0.1, 0.15) is 0 Å². The molecule has 0 atom stereocenters. The zero-order valence-corrected chi connectivity index (χ0v) is 19.4. The number of benzene rings is 1. The second kappa shape index (κ2) is 7.63. The largest absolute Gasteiger partial charge is 0.347 e. The Morgan fingerprint density at radius 2 is 1.61 bits per heavy atom. The smallest absolute Gasteiger partial charge is 0.251 e. The van der Waals surface area contributed by atoms with Gasteiger partial charge in [-0.15, -0.1) is 0 Å². The SMILES string of the molecule is CC(C)(C)NC(=O)c1cc(-c2ccc(C3CC3)cc2)nc(-c2ccnn2C(C)(C)C)c1. The standard InChI is InChI=1S/C26H32N4O/c1-25(2,3)29-24(31)20-15-21(19-11-9-18(10-12-19)17-7-8-17)28-22(16-20)23-13-14-27-30(23)26(4,5)6/h9-17H,7-8H2,1-6H3,(H,29,31). The number of hydrogen-bond donors (Lipinski definition) is 1. The van der Waals surface area contributed by atoms with Crippen LogP contribution in [-0.2, 0) is 5.54 Å². The van der Waals surface area contributed by atoms with Crippen LogP contribution in [0.1, 0.15) is 76.2 Å². The maximum absolute atomic E-state index is 13.0. The molecule has 0 unspecified atom stereocenters. The van der Waals surface area contributed by atoms with E-state index < -0.39 is 0 Å². The molecule has 4 rings (SSSR count). The number of hydrogen-bond acceptors (Lipinski definition) is 3. The number of nitrogens with one attached hydrogen (secondary N) is 1. The van der Waals surface area contributed by atoms with E-state index in [0.29, 0.717) is 11.5 Å². The fourth-order valence-corrected chi connectivity index (χ4v) is 3.73. The highest BCUT2D eigenvalue weighted by Gasteiger charge is 2.24. The van der Waals surface area contributed by atoms with Gasteiger partial charge in [0.05, 0.1) is 22.6 Å². The van der Waals surface area contributed by atoms with E-state index in [0.717, 1.165) is 22.6 Å². The highest BCUT2D eigenvalue weighted by atomic mass is 16.1. The molecule has 0 bridgehead atoms. The summed E-state index contributed by atoms with van der Waals surface area (Å²) in [6, 6.07) is 14.3. The fraction of sp³-hybridized carbons (Fsp3) is 0.423. The zero-order valence-electron chi connectivity index (χ0n) is 19.4. The van der Waals surface area contributed by atoms with Gasteiger partial charge in [-0.2, -0.15) is 5.10 Å². The fourth-order valence-electron chi connectivity index (χ4n) is 3.73. The normalized spacial score (nSPS) is 14.5. The predicted molar refractivity (Wildman–Crippen MR) is 125 cm³/mol. The van der Waals surface area contributed by atoms with E-state index in [1.165, 1.54) is 18.4 Å². The maximum atomic E-state index is 13.0. The van der Waals surface area contributed by atoms with E-state index in [-0.39, 0.29) is 17.0 Å². The molecule has 1 aliphatic carbocycles. The second-order valence-corrected chi connectivity index (χ2v) is 10.5. The minimum Gasteiger partial charge on any atom is -0.347 e. The molecule has 3 aromatic rings. The number of rotatable bonds is 4. The molecule has 1 N–H and O–H groups in total. The molecule has 1 aliphatic rings. The van der Waals surface area contributed by atoms with E-state index in [4.69, 9.17) is 4.98 Å². The van der Waals surface area contributed by atoms with E-state index in [1.807, 2.05) is 43.7 Å². The summed E-state index contributed by atoms with van der Waals surface area (Å²) in [4.78, 5) is 18.0. The third kappa shape index (κ3) is 4.87. The van der Waals surface area contributed by atoms with Gasteiger partial charge in [0.2, 0.25) is 0 Å². The van der Waals surface area contributed by atoms with Crippen molar-refractivity contribution < 1.29 is 4.79 Å². The average molecular weight is 417 g/mol. The van der Waals surface area contributed by atoms with Crippen molar-refractivity contribution in [3.05, 3.63) is 59.8 Å². The van der Waals surface area contributed by atoms with E-state index in [2.05, 4.69) is 55.5 Å². The van der Waals surface area contributed by atoms with Crippen molar-refractivity contribution in [2.45, 2.75) is 71.4 Å². The second-order valence-electron chi connectivity index (χ2n) is 10.5. The topological polar surface area (TPSA) is 59.8 Å². The Labute approximate surface area is 184 Å². The highest BCUT2D eigenvalue weighted by molar-refractivity contribution is 5.96. The lowest BCUT2D eigenvalue weighted by Gasteiger charge is -2.23. The van der Waals surface area contributed by atoms with Gasteiger partial charge < -0.3 is 5.32 Å². The summed E-state index contributed by atoms with van der Waals surface area (Å²) in [7, 11) is 0. The highest BCUT2D eigenvalue weighted by Crippen LogP contribution is 2.40. The number of nitrogens with zero attached hydrogens (tertiary/aromatic N) is 3. The van der Waals surface area contributed by atoms with Gasteiger partial charge in [0, 0.05) is 22.9 Å². The molecular weight excluding hydrogens is 384 g/mol. The van der Waals surface area contributed by atoms with Crippen LogP contribution in [0.3, 0.4) is 0 Å². The van der Waals surface area contributed by atoms with Crippen LogP contribution in [0, 0.1) is 0 Å². The van der Waals surface area contributed by atoms with Crippen molar-refractivity contribution in [3.8, 4) is 22.6 Å². The Morgan fingerprint density at radius 1 is 0.968 bits per heavy atom. The van der Waals surface area contributed by atoms with Crippen LogP contribution < -0.4 is 5.32 Å². The molecule has 1 amide bonds. The molecule has 0 spiro atoms. The van der Waals surface area contributed by atoms with Gasteiger partial charge in [-0.25, -0.2) is 4.98 Å². The molecule has 31 heavy (non-hydrogen) atoms. The van der Waals surface area contributed by atoms with Crippen LogP contribution in [-0.4, -0.2) is 26.2 Å². The third-order valence-electron chi connectivity index (χ3n) is 5.37. The Balaban J connectivity index is 1.81. The Bertz CT molecular complexity index is 1090. The minimum absolute atomic E-state index is 0.103. The average Bonchev–Trinajstić information content (AvgIpc) is 3.41. The maximum Gasteiger partial charge on any atom is 0.251 e. The first kappa shape index (κ1) is 21.3. The first-order valence-electron chi connectivity index (χ1n) is 11.0. The van der Waals surface area contributed by atoms with Crippen LogP contribution >= 0.6 is 0 Å². The molecule has 1 saturated carbocycles. The molecule has 162 valence electrons. The first-order chi connectivity index (χ1) is 14.5. The van der Waals surface area contributed by atoms with Gasteiger partial charge in [0.15, 0.2) is 0 Å². The van der Waals surface area contributed by atoms with Crippen LogP contribution in [0.2, 0.25) is 0 Å². The van der Waals surface area contributed by atoms with E-state index in [1.54, 1.807) is 6.20 Å². The molecule has 2 heterocycles. The van der Waals surface area contributed by atoms with Gasteiger partial charge in [-0.1, -0.05) is 24.3 Å². The number of carbonyl (C=O) groups excluding carboxylic acids is 1. The van der Waals surface area contributed by atoms with Crippen LogP contribution in [0.4, 0.5) is 0 Å². The van der Waals surface area contributed by atoms with Gasteiger partial charge in [-0.05, 0) is 84.1 Å². The number of pyridine rings is 1. The lowest BCUT2D eigenvalue weighted by molar-refractivity contribution is 0.0919. The molecule has 1 fully saturated rings. The molecule has 1 aromatic carbocycles. The number of carbonyl (C=O) groups is 1. The quantitative estimate of drug-likeness (QED) is 0.587. The molecule has 2 aromatic heterocycles. The van der Waals surface area contributed by atoms with Gasteiger partial charge in [0.25, 0.3) is 5.91 Å². The van der Waals surface area contributed by atoms with Crippen molar-refractivity contribution in [2.24, 2.45) is 0 Å². The van der Waals surface area contributed by atoms with Crippen LogP contribution in [0.15, 0.2) is 48.7 Å². The first-order valence-corrected chi connectivity index (χ1v) is 11.0. The molecule has 0 aliphatic heterocycles. The van der Waals surface area contributed by atoms with E-state index in [9.17, 15) is 4.79 Å². The summed E-state index contributed by atoms with van der Waals surface area (Å²) in [5.74, 6) is 0.608. The Hall–Kier alpha value is -2.95.